The molecule has 0 aliphatic heterocycles. The van der Waals surface area contributed by atoms with Crippen LogP contribution in [0.25, 0.3) is 10.8 Å². The lowest BCUT2D eigenvalue weighted by molar-refractivity contribution is 0.474. The monoisotopic (exact) mass is 360 g/mol. The molecule has 3 aromatic rings. The Morgan fingerprint density at radius 2 is 1.41 bits per heavy atom. The van der Waals surface area contributed by atoms with Crippen LogP contribution in [-0.4, -0.2) is 10.2 Å². The Kier molecular flexibility index (Phi) is 4.38. The minimum absolute atomic E-state index is 0.398. The first-order valence-corrected chi connectivity index (χ1v) is 9.94. The predicted octanol–water partition coefficient (Wildman–Crippen LogP) is 6.45. The minimum atomic E-state index is 0.398. The number of benzene rings is 3. The zero-order chi connectivity index (χ0) is 19.3. The van der Waals surface area contributed by atoms with Crippen LogP contribution < -0.4 is 0 Å². The Bertz CT molecular complexity index is 990. The van der Waals surface area contributed by atoms with E-state index >= 15 is 0 Å². The molecule has 0 bridgehead atoms. The molecule has 0 amide bonds. The molecule has 2 aliphatic carbocycles. The van der Waals surface area contributed by atoms with E-state index in [1.54, 1.807) is 6.07 Å². The number of aromatic hydroxyl groups is 2. The molecule has 27 heavy (non-hydrogen) atoms. The van der Waals surface area contributed by atoms with Gasteiger partial charge in [0.1, 0.15) is 11.5 Å². The molecule has 5 rings (SSSR count). The second-order valence-corrected chi connectivity index (χ2v) is 8.37. The molecular formula is C25H28O2. The Hall–Kier alpha value is -2.48. The molecule has 0 radical (unpaired) electrons. The van der Waals surface area contributed by atoms with Crippen LogP contribution in [0, 0.1) is 5.92 Å². The summed E-state index contributed by atoms with van der Waals surface area (Å²) < 4.78 is 0. The van der Waals surface area contributed by atoms with Gasteiger partial charge in [0.15, 0.2) is 0 Å². The van der Waals surface area contributed by atoms with E-state index in [0.717, 1.165) is 17.7 Å². The van der Waals surface area contributed by atoms with Gasteiger partial charge >= 0.3 is 0 Å². The van der Waals surface area contributed by atoms with Crippen LogP contribution >= 0.6 is 0 Å². The molecule has 4 unspecified atom stereocenters. The maximum atomic E-state index is 9.82. The van der Waals surface area contributed by atoms with E-state index in [9.17, 15) is 10.2 Å². The number of rotatable bonds is 0. The van der Waals surface area contributed by atoms with E-state index in [1.165, 1.54) is 27.6 Å². The van der Waals surface area contributed by atoms with Gasteiger partial charge in [0.2, 0.25) is 0 Å². The first kappa shape index (κ1) is 17.9. The topological polar surface area (TPSA) is 40.5 Å². The maximum absolute atomic E-state index is 9.82. The minimum Gasteiger partial charge on any atom is -0.508 e. The lowest BCUT2D eigenvalue weighted by Crippen LogP contribution is -1.97. The second kappa shape index (κ2) is 6.60. The molecule has 0 saturated carbocycles. The fourth-order valence-electron chi connectivity index (χ4n) is 4.79. The molecule has 0 fully saturated rings. The third-order valence-corrected chi connectivity index (χ3v) is 6.83. The molecule has 140 valence electrons. The highest BCUT2D eigenvalue weighted by Gasteiger charge is 2.28. The zero-order valence-electron chi connectivity index (χ0n) is 16.5. The van der Waals surface area contributed by atoms with Crippen LogP contribution in [0.4, 0.5) is 0 Å². The van der Waals surface area contributed by atoms with Gasteiger partial charge in [-0.2, -0.15) is 0 Å². The van der Waals surface area contributed by atoms with Crippen molar-refractivity contribution >= 4 is 10.8 Å². The summed E-state index contributed by atoms with van der Waals surface area (Å²) in [6.07, 6.45) is 1.12. The smallest absolute Gasteiger partial charge is 0.123 e. The molecule has 2 nitrogen and oxygen atoms in total. The van der Waals surface area contributed by atoms with Gasteiger partial charge in [-0.05, 0) is 75.9 Å². The number of phenols is 2. The van der Waals surface area contributed by atoms with Crippen molar-refractivity contribution in [2.24, 2.45) is 5.92 Å². The first-order chi connectivity index (χ1) is 12.9. The highest BCUT2D eigenvalue weighted by Crippen LogP contribution is 2.47. The SMILES string of the molecule is CC1Cc2cc(O)ccc2C1C.CC1c2cccc3c(O)ccc(c23)C1C. The highest BCUT2D eigenvalue weighted by atomic mass is 16.3. The van der Waals surface area contributed by atoms with Gasteiger partial charge in [-0.3, -0.25) is 0 Å². The van der Waals surface area contributed by atoms with Crippen molar-refractivity contribution < 1.29 is 10.2 Å². The summed E-state index contributed by atoms with van der Waals surface area (Å²) >= 11 is 0. The van der Waals surface area contributed by atoms with Gasteiger partial charge < -0.3 is 10.2 Å². The summed E-state index contributed by atoms with van der Waals surface area (Å²) in [7, 11) is 0. The molecule has 2 aliphatic rings. The number of phenolic OH excluding ortho intramolecular Hbond substituents is 2. The van der Waals surface area contributed by atoms with Gasteiger partial charge in [-0.15, -0.1) is 0 Å². The molecule has 0 heterocycles. The van der Waals surface area contributed by atoms with Crippen molar-refractivity contribution in [3.05, 3.63) is 70.8 Å². The van der Waals surface area contributed by atoms with Crippen molar-refractivity contribution in [3.63, 3.8) is 0 Å². The summed E-state index contributed by atoms with van der Waals surface area (Å²) in [4.78, 5) is 0. The van der Waals surface area contributed by atoms with E-state index in [4.69, 9.17) is 0 Å². The van der Waals surface area contributed by atoms with Crippen LogP contribution in [0.2, 0.25) is 0 Å². The van der Waals surface area contributed by atoms with E-state index in [0.29, 0.717) is 29.3 Å². The van der Waals surface area contributed by atoms with Gasteiger partial charge in [0.05, 0.1) is 0 Å². The summed E-state index contributed by atoms with van der Waals surface area (Å²) in [5.74, 6) is 3.30. The van der Waals surface area contributed by atoms with Crippen LogP contribution in [0.15, 0.2) is 48.5 Å². The molecular weight excluding hydrogens is 332 g/mol. The number of fused-ring (bicyclic) bond motifs is 1. The standard InChI is InChI=1S/C14H14O.C11H14O/c1-8-9(2)11-6-7-13(15)12-5-3-4-10(8)14(11)12;1-7-5-9-6-10(12)3-4-11(9)8(7)2/h3-9,15H,1-2H3;3-4,6-8,12H,5H2,1-2H3. The van der Waals surface area contributed by atoms with E-state index in [-0.39, 0.29) is 0 Å². The molecule has 3 aromatic carbocycles. The summed E-state index contributed by atoms with van der Waals surface area (Å²) in [6, 6.07) is 15.8. The molecule has 4 atom stereocenters. The average Bonchev–Trinajstić information content (AvgIpc) is 3.07. The maximum Gasteiger partial charge on any atom is 0.123 e. The van der Waals surface area contributed by atoms with Crippen molar-refractivity contribution in [2.75, 3.05) is 0 Å². The number of hydrogen-bond acceptors (Lipinski definition) is 2. The fraction of sp³-hybridized carbons (Fsp3) is 0.360. The summed E-state index contributed by atoms with van der Waals surface area (Å²) in [6.45, 7) is 9.04. The Morgan fingerprint density at radius 3 is 2.15 bits per heavy atom. The molecule has 0 saturated heterocycles. The zero-order valence-corrected chi connectivity index (χ0v) is 16.5. The normalized spacial score (nSPS) is 25.2. The largest absolute Gasteiger partial charge is 0.508 e. The highest BCUT2D eigenvalue weighted by molar-refractivity contribution is 5.96. The van der Waals surface area contributed by atoms with Crippen molar-refractivity contribution in [1.82, 2.24) is 0 Å². The third-order valence-electron chi connectivity index (χ3n) is 6.83. The third kappa shape index (κ3) is 2.88. The molecule has 0 spiro atoms. The van der Waals surface area contributed by atoms with Gasteiger partial charge in [-0.1, -0.05) is 58.0 Å². The second-order valence-electron chi connectivity index (χ2n) is 8.37. The van der Waals surface area contributed by atoms with Gasteiger partial charge in [0.25, 0.3) is 0 Å². The van der Waals surface area contributed by atoms with Gasteiger partial charge in [-0.25, -0.2) is 0 Å². The van der Waals surface area contributed by atoms with Crippen molar-refractivity contribution in [3.8, 4) is 11.5 Å². The van der Waals surface area contributed by atoms with E-state index in [1.807, 2.05) is 24.3 Å². The van der Waals surface area contributed by atoms with Crippen LogP contribution in [0.1, 0.15) is 67.7 Å². The van der Waals surface area contributed by atoms with Gasteiger partial charge in [0, 0.05) is 5.39 Å². The van der Waals surface area contributed by atoms with Crippen LogP contribution in [0.3, 0.4) is 0 Å². The Balaban J connectivity index is 0.000000137. The van der Waals surface area contributed by atoms with Crippen molar-refractivity contribution in [2.45, 2.75) is 51.9 Å². The summed E-state index contributed by atoms with van der Waals surface area (Å²) in [5.41, 5.74) is 5.51. The fourth-order valence-corrected chi connectivity index (χ4v) is 4.79. The lowest BCUT2D eigenvalue weighted by Gasteiger charge is -2.10. The number of hydrogen-bond donors (Lipinski definition) is 2. The van der Waals surface area contributed by atoms with Crippen LogP contribution in [-0.2, 0) is 6.42 Å². The summed E-state index contributed by atoms with van der Waals surface area (Å²) in [5, 5.41) is 21.4. The Labute approximate surface area is 161 Å². The Morgan fingerprint density at radius 1 is 0.741 bits per heavy atom. The lowest BCUT2D eigenvalue weighted by atomic mass is 9.94. The quantitative estimate of drug-likeness (QED) is 0.483. The first-order valence-electron chi connectivity index (χ1n) is 9.94. The van der Waals surface area contributed by atoms with E-state index < -0.39 is 0 Å². The molecule has 2 N–H and O–H groups in total. The average molecular weight is 360 g/mol. The van der Waals surface area contributed by atoms with Crippen molar-refractivity contribution in [1.29, 1.82) is 0 Å². The van der Waals surface area contributed by atoms with Crippen LogP contribution in [0.5, 0.6) is 11.5 Å². The molecule has 2 heteroatoms. The van der Waals surface area contributed by atoms with E-state index in [2.05, 4.69) is 45.9 Å². The predicted molar refractivity (Wildman–Crippen MR) is 112 cm³/mol. The molecule has 0 aromatic heterocycles.